The molecule has 1 aliphatic heterocycles. The zero-order valence-electron chi connectivity index (χ0n) is 15.1. The second-order valence-electron chi connectivity index (χ2n) is 6.45. The summed E-state index contributed by atoms with van der Waals surface area (Å²) in [6, 6.07) is 8.77. The van der Waals surface area contributed by atoms with Gasteiger partial charge in [-0.1, -0.05) is 18.2 Å². The van der Waals surface area contributed by atoms with E-state index in [1.807, 2.05) is 0 Å². The van der Waals surface area contributed by atoms with Crippen LogP contribution in [0, 0.1) is 17.5 Å². The molecule has 0 saturated carbocycles. The number of amides is 2. The number of carbonyl (C=O) groups is 2. The molecule has 0 spiro atoms. The van der Waals surface area contributed by atoms with Crippen molar-refractivity contribution in [3.05, 3.63) is 88.7 Å². The summed E-state index contributed by atoms with van der Waals surface area (Å²) in [7, 11) is 0. The summed E-state index contributed by atoms with van der Waals surface area (Å²) in [6.45, 7) is 0. The lowest BCUT2D eigenvalue weighted by Gasteiger charge is -2.19. The van der Waals surface area contributed by atoms with Gasteiger partial charge >= 0.3 is 6.18 Å². The molecule has 158 valence electrons. The highest BCUT2D eigenvalue weighted by Crippen LogP contribution is 2.41. The Morgan fingerprint density at radius 3 is 1.77 bits per heavy atom. The molecule has 0 fully saturated rings. The fourth-order valence-corrected chi connectivity index (χ4v) is 3.11. The van der Waals surface area contributed by atoms with Crippen LogP contribution in [0.25, 0.3) is 0 Å². The zero-order valence-corrected chi connectivity index (χ0v) is 15.1. The lowest BCUT2D eigenvalue weighted by Crippen LogP contribution is -2.30. The Bertz CT molecular complexity index is 1180. The van der Waals surface area contributed by atoms with E-state index in [-0.39, 0.29) is 23.3 Å². The van der Waals surface area contributed by atoms with Gasteiger partial charge in [0.25, 0.3) is 11.8 Å². The summed E-state index contributed by atoms with van der Waals surface area (Å²) in [6.07, 6.45) is -5.02. The topological polar surface area (TPSA) is 46.6 Å². The van der Waals surface area contributed by atoms with E-state index in [4.69, 9.17) is 4.74 Å². The molecule has 0 saturated heterocycles. The van der Waals surface area contributed by atoms with Crippen molar-refractivity contribution in [1.82, 2.24) is 0 Å². The average molecular weight is 437 g/mol. The van der Waals surface area contributed by atoms with E-state index in [0.29, 0.717) is 4.90 Å². The van der Waals surface area contributed by atoms with Crippen LogP contribution in [0.5, 0.6) is 11.5 Å². The Labute approximate surface area is 170 Å². The number of carbonyl (C=O) groups excluding carboxylic acids is 2. The summed E-state index contributed by atoms with van der Waals surface area (Å²) >= 11 is 0. The number of hydrogen-bond acceptors (Lipinski definition) is 3. The fraction of sp³-hybridized carbons (Fsp3) is 0.0476. The largest absolute Gasteiger partial charge is 0.446 e. The minimum Gasteiger partial charge on any atom is -0.446 e. The number of para-hydroxylation sites is 1. The third-order valence-electron chi connectivity index (χ3n) is 4.51. The van der Waals surface area contributed by atoms with E-state index in [9.17, 15) is 35.9 Å². The van der Waals surface area contributed by atoms with Gasteiger partial charge in [0.1, 0.15) is 0 Å². The Kier molecular flexibility index (Phi) is 4.72. The quantitative estimate of drug-likeness (QED) is 0.389. The maximum Gasteiger partial charge on any atom is 0.416 e. The molecule has 1 aliphatic rings. The molecule has 4 rings (SSSR count). The Morgan fingerprint density at radius 1 is 0.710 bits per heavy atom. The molecule has 10 heteroatoms. The monoisotopic (exact) mass is 437 g/mol. The Morgan fingerprint density at radius 2 is 1.26 bits per heavy atom. The highest BCUT2D eigenvalue weighted by molar-refractivity contribution is 6.34. The lowest BCUT2D eigenvalue weighted by atomic mass is 10.1. The van der Waals surface area contributed by atoms with E-state index in [2.05, 4.69) is 0 Å². The molecule has 0 aromatic heterocycles. The highest BCUT2D eigenvalue weighted by atomic mass is 19.4. The van der Waals surface area contributed by atoms with E-state index < -0.39 is 58.2 Å². The third kappa shape index (κ3) is 3.39. The van der Waals surface area contributed by atoms with Gasteiger partial charge in [0, 0.05) is 0 Å². The summed E-state index contributed by atoms with van der Waals surface area (Å²) in [5.41, 5.74) is -2.03. The number of imide groups is 1. The van der Waals surface area contributed by atoms with Gasteiger partial charge in [0.05, 0.1) is 22.4 Å². The van der Waals surface area contributed by atoms with Gasteiger partial charge in [-0.3, -0.25) is 9.59 Å². The molecule has 4 nitrogen and oxygen atoms in total. The molecule has 0 radical (unpaired) electrons. The number of rotatable bonds is 3. The molecular formula is C21H9F6NO3. The molecular weight excluding hydrogens is 428 g/mol. The van der Waals surface area contributed by atoms with E-state index in [0.717, 1.165) is 18.2 Å². The van der Waals surface area contributed by atoms with Crippen LogP contribution in [0.15, 0.2) is 54.6 Å². The molecule has 0 bridgehead atoms. The van der Waals surface area contributed by atoms with Crippen molar-refractivity contribution in [3.63, 3.8) is 0 Å². The second kappa shape index (κ2) is 7.15. The van der Waals surface area contributed by atoms with Crippen LogP contribution in [0.1, 0.15) is 26.3 Å². The normalized spacial score (nSPS) is 13.5. The van der Waals surface area contributed by atoms with E-state index >= 15 is 0 Å². The zero-order chi connectivity index (χ0) is 22.5. The van der Waals surface area contributed by atoms with Crippen LogP contribution in [-0.4, -0.2) is 11.8 Å². The van der Waals surface area contributed by atoms with Crippen LogP contribution in [0.2, 0.25) is 0 Å². The van der Waals surface area contributed by atoms with Crippen LogP contribution in [0.4, 0.5) is 32.0 Å². The number of alkyl halides is 3. The molecule has 0 atom stereocenters. The Balaban J connectivity index is 1.80. The molecule has 31 heavy (non-hydrogen) atoms. The Hall–Kier alpha value is -3.82. The van der Waals surface area contributed by atoms with Gasteiger partial charge in [0.2, 0.25) is 0 Å². The van der Waals surface area contributed by atoms with E-state index in [1.165, 1.54) is 24.3 Å². The first kappa shape index (κ1) is 20.5. The lowest BCUT2D eigenvalue weighted by molar-refractivity contribution is -0.138. The molecule has 0 unspecified atom stereocenters. The number of anilines is 1. The highest BCUT2D eigenvalue weighted by Gasteiger charge is 2.39. The van der Waals surface area contributed by atoms with Crippen molar-refractivity contribution in [3.8, 4) is 11.5 Å². The van der Waals surface area contributed by atoms with Crippen molar-refractivity contribution in [2.45, 2.75) is 6.18 Å². The number of ether oxygens (including phenoxy) is 1. The van der Waals surface area contributed by atoms with Crippen LogP contribution < -0.4 is 9.64 Å². The molecule has 3 aromatic carbocycles. The molecule has 3 aromatic rings. The van der Waals surface area contributed by atoms with Gasteiger partial charge in [-0.15, -0.1) is 0 Å². The van der Waals surface area contributed by atoms with Crippen molar-refractivity contribution in [2.75, 3.05) is 4.90 Å². The number of hydrogen-bond donors (Lipinski definition) is 0. The van der Waals surface area contributed by atoms with Gasteiger partial charge in [-0.25, -0.2) is 18.1 Å². The predicted octanol–water partition coefficient (Wildman–Crippen LogP) is 5.72. The maximum atomic E-state index is 14.5. The summed E-state index contributed by atoms with van der Waals surface area (Å²) in [4.78, 5) is 25.9. The van der Waals surface area contributed by atoms with Crippen molar-refractivity contribution in [1.29, 1.82) is 0 Å². The smallest absolute Gasteiger partial charge is 0.416 e. The number of fused-ring (bicyclic) bond motifs is 1. The first-order chi connectivity index (χ1) is 14.6. The van der Waals surface area contributed by atoms with Gasteiger partial charge in [-0.05, 0) is 36.4 Å². The van der Waals surface area contributed by atoms with Gasteiger partial charge in [0.15, 0.2) is 29.0 Å². The summed E-state index contributed by atoms with van der Waals surface area (Å²) < 4.78 is 86.1. The minimum absolute atomic E-state index is 0.0130. The number of nitrogens with zero attached hydrogens (tertiary/aromatic N) is 1. The van der Waals surface area contributed by atoms with Crippen LogP contribution >= 0.6 is 0 Å². The third-order valence-corrected chi connectivity index (χ3v) is 4.51. The minimum atomic E-state index is -5.02. The van der Waals surface area contributed by atoms with Crippen molar-refractivity contribution < 1.29 is 40.7 Å². The molecule has 2 amide bonds. The molecule has 1 heterocycles. The van der Waals surface area contributed by atoms with E-state index in [1.54, 1.807) is 0 Å². The summed E-state index contributed by atoms with van der Waals surface area (Å²) in [5.74, 6) is -8.58. The number of benzene rings is 3. The van der Waals surface area contributed by atoms with Crippen molar-refractivity contribution in [2.24, 2.45) is 0 Å². The SMILES string of the molecule is O=C1c2ccccc2C(=O)N1c1cccc(F)c1Oc1c(F)cc(C(F)(F)F)cc1F. The van der Waals surface area contributed by atoms with Crippen LogP contribution in [0.3, 0.4) is 0 Å². The fourth-order valence-electron chi connectivity index (χ4n) is 3.11. The van der Waals surface area contributed by atoms with Gasteiger partial charge in [-0.2, -0.15) is 13.2 Å². The molecule has 0 aliphatic carbocycles. The van der Waals surface area contributed by atoms with Gasteiger partial charge < -0.3 is 4.74 Å². The number of halogens is 6. The standard InChI is InChI=1S/C21H9F6NO3/c22-13-6-3-7-16(28-19(29)11-4-1-2-5-12(11)20(28)30)18(13)31-17-14(23)8-10(9-15(17)24)21(25,26)27/h1-9H. The average Bonchev–Trinajstić information content (AvgIpc) is 2.95. The predicted molar refractivity (Wildman–Crippen MR) is 95.4 cm³/mol. The van der Waals surface area contributed by atoms with Crippen LogP contribution in [-0.2, 0) is 6.18 Å². The summed E-state index contributed by atoms with van der Waals surface area (Å²) in [5, 5.41) is 0. The molecule has 0 N–H and O–H groups in total. The van der Waals surface area contributed by atoms with Crippen molar-refractivity contribution >= 4 is 17.5 Å². The first-order valence-electron chi connectivity index (χ1n) is 8.60. The second-order valence-corrected chi connectivity index (χ2v) is 6.45. The maximum absolute atomic E-state index is 14.5. The first-order valence-corrected chi connectivity index (χ1v) is 8.60.